The summed E-state index contributed by atoms with van der Waals surface area (Å²) < 4.78 is 37.6. The predicted octanol–water partition coefficient (Wildman–Crippen LogP) is 3.09. The zero-order valence-electron chi connectivity index (χ0n) is 14.7. The third-order valence-electron chi connectivity index (χ3n) is 4.33. The van der Waals surface area contributed by atoms with Crippen molar-refractivity contribution in [2.75, 3.05) is 26.7 Å². The van der Waals surface area contributed by atoms with Gasteiger partial charge in [-0.1, -0.05) is 6.42 Å². The molecular weight excluding hydrogens is 351 g/mol. The lowest BCUT2D eigenvalue weighted by Gasteiger charge is -2.33. The van der Waals surface area contributed by atoms with Crippen LogP contribution in [0.15, 0.2) is 10.4 Å². The van der Waals surface area contributed by atoms with Crippen molar-refractivity contribution in [3.8, 4) is 0 Å². The lowest BCUT2D eigenvalue weighted by atomic mass is 10.0. The van der Waals surface area contributed by atoms with Gasteiger partial charge in [-0.3, -0.25) is 4.99 Å². The van der Waals surface area contributed by atoms with E-state index < -0.39 is 11.9 Å². The summed E-state index contributed by atoms with van der Waals surface area (Å²) >= 11 is 0.993. The van der Waals surface area contributed by atoms with Crippen molar-refractivity contribution in [3.05, 3.63) is 16.1 Å². The van der Waals surface area contributed by atoms with Crippen molar-refractivity contribution < 1.29 is 13.2 Å². The summed E-state index contributed by atoms with van der Waals surface area (Å²) in [7, 11) is 1.64. The van der Waals surface area contributed by atoms with Gasteiger partial charge in [-0.2, -0.15) is 13.2 Å². The molecule has 25 heavy (non-hydrogen) atoms. The minimum atomic E-state index is -4.39. The molecule has 142 valence electrons. The van der Waals surface area contributed by atoms with E-state index in [1.807, 2.05) is 0 Å². The SMILES string of the molecule is CN=C(NCCCN1CCCCC1C)NCc1nc(C(F)(F)F)cs1. The Morgan fingerprint density at radius 1 is 1.40 bits per heavy atom. The number of likely N-dealkylation sites (tertiary alicyclic amines) is 1. The van der Waals surface area contributed by atoms with Gasteiger partial charge in [0, 0.05) is 31.6 Å². The van der Waals surface area contributed by atoms with Gasteiger partial charge in [-0.25, -0.2) is 4.98 Å². The highest BCUT2D eigenvalue weighted by molar-refractivity contribution is 7.09. The zero-order valence-corrected chi connectivity index (χ0v) is 15.5. The van der Waals surface area contributed by atoms with Crippen LogP contribution in [0.1, 0.15) is 43.3 Å². The van der Waals surface area contributed by atoms with E-state index in [4.69, 9.17) is 0 Å². The Labute approximate surface area is 150 Å². The predicted molar refractivity (Wildman–Crippen MR) is 94.8 cm³/mol. The summed E-state index contributed by atoms with van der Waals surface area (Å²) in [5.74, 6) is 0.579. The minimum Gasteiger partial charge on any atom is -0.356 e. The molecule has 1 aromatic rings. The van der Waals surface area contributed by atoms with E-state index in [9.17, 15) is 13.2 Å². The van der Waals surface area contributed by atoms with E-state index in [-0.39, 0.29) is 6.54 Å². The van der Waals surface area contributed by atoms with Gasteiger partial charge >= 0.3 is 6.18 Å². The van der Waals surface area contributed by atoms with E-state index in [0.717, 1.165) is 36.2 Å². The van der Waals surface area contributed by atoms with Crippen molar-refractivity contribution >= 4 is 17.3 Å². The third-order valence-corrected chi connectivity index (χ3v) is 5.18. The number of thiazole rings is 1. The number of hydrogen-bond acceptors (Lipinski definition) is 4. The standard InChI is InChI=1S/C16H26F3N5S/c1-12-6-3-4-8-24(12)9-5-7-21-15(20-2)22-10-14-23-13(11-25-14)16(17,18)19/h11-12H,3-10H2,1-2H3,(H2,20,21,22). The number of alkyl halides is 3. The van der Waals surface area contributed by atoms with E-state index >= 15 is 0 Å². The number of hydrogen-bond donors (Lipinski definition) is 2. The van der Waals surface area contributed by atoms with Gasteiger partial charge in [-0.15, -0.1) is 11.3 Å². The monoisotopic (exact) mass is 377 g/mol. The van der Waals surface area contributed by atoms with Crippen LogP contribution in [0.25, 0.3) is 0 Å². The topological polar surface area (TPSA) is 52.6 Å². The number of rotatable bonds is 6. The highest BCUT2D eigenvalue weighted by atomic mass is 32.1. The lowest BCUT2D eigenvalue weighted by molar-refractivity contribution is -0.140. The molecule has 0 spiro atoms. The molecule has 0 saturated carbocycles. The van der Waals surface area contributed by atoms with Crippen LogP contribution in [0.5, 0.6) is 0 Å². The van der Waals surface area contributed by atoms with Crippen LogP contribution in [0.3, 0.4) is 0 Å². The Hall–Kier alpha value is -1.35. The maximum absolute atomic E-state index is 12.5. The molecule has 0 aliphatic carbocycles. The van der Waals surface area contributed by atoms with Gasteiger partial charge < -0.3 is 15.5 Å². The minimum absolute atomic E-state index is 0.226. The van der Waals surface area contributed by atoms with Crippen LogP contribution >= 0.6 is 11.3 Å². The van der Waals surface area contributed by atoms with Crippen LogP contribution in [0.4, 0.5) is 13.2 Å². The van der Waals surface area contributed by atoms with Crippen LogP contribution in [0.2, 0.25) is 0 Å². The second kappa shape index (κ2) is 9.38. The first-order chi connectivity index (χ1) is 11.9. The first-order valence-electron chi connectivity index (χ1n) is 8.60. The van der Waals surface area contributed by atoms with Crippen LogP contribution in [-0.4, -0.2) is 48.6 Å². The zero-order chi connectivity index (χ0) is 18.3. The summed E-state index contributed by atoms with van der Waals surface area (Å²) in [5.41, 5.74) is -0.840. The molecule has 2 rings (SSSR count). The van der Waals surface area contributed by atoms with Crippen molar-refractivity contribution in [1.82, 2.24) is 20.5 Å². The maximum Gasteiger partial charge on any atom is 0.434 e. The number of guanidine groups is 1. The van der Waals surface area contributed by atoms with Gasteiger partial charge in [0.2, 0.25) is 0 Å². The summed E-state index contributed by atoms with van der Waals surface area (Å²) in [6.45, 7) is 5.49. The number of aliphatic imine (C=N–C) groups is 1. The average Bonchev–Trinajstić information content (AvgIpc) is 3.05. The van der Waals surface area contributed by atoms with Gasteiger partial charge in [-0.05, 0) is 32.7 Å². The molecule has 0 amide bonds. The molecule has 0 radical (unpaired) electrons. The van der Waals surface area contributed by atoms with Crippen LogP contribution in [-0.2, 0) is 12.7 Å². The molecule has 1 atom stereocenters. The third kappa shape index (κ3) is 6.47. The van der Waals surface area contributed by atoms with Crippen molar-refractivity contribution in [1.29, 1.82) is 0 Å². The van der Waals surface area contributed by atoms with Crippen molar-refractivity contribution in [2.24, 2.45) is 4.99 Å². The lowest BCUT2D eigenvalue weighted by Crippen LogP contribution is -2.41. The average molecular weight is 377 g/mol. The molecular formula is C16H26F3N5S. The molecule has 1 fully saturated rings. The Balaban J connectivity index is 1.67. The summed E-state index contributed by atoms with van der Waals surface area (Å²) in [6.07, 6.45) is 0.471. The van der Waals surface area contributed by atoms with Crippen molar-refractivity contribution in [3.63, 3.8) is 0 Å². The Bertz CT molecular complexity index is 558. The molecule has 2 heterocycles. The highest BCUT2D eigenvalue weighted by Crippen LogP contribution is 2.29. The second-order valence-electron chi connectivity index (χ2n) is 6.21. The largest absolute Gasteiger partial charge is 0.434 e. The quantitative estimate of drug-likeness (QED) is 0.454. The molecule has 1 aromatic heterocycles. The molecule has 0 bridgehead atoms. The molecule has 1 saturated heterocycles. The molecule has 2 N–H and O–H groups in total. The smallest absolute Gasteiger partial charge is 0.356 e. The van der Waals surface area contributed by atoms with Crippen LogP contribution < -0.4 is 10.6 Å². The summed E-state index contributed by atoms with van der Waals surface area (Å²) in [6, 6.07) is 0.652. The van der Waals surface area contributed by atoms with E-state index in [1.165, 1.54) is 25.8 Å². The molecule has 0 aromatic carbocycles. The number of aromatic nitrogens is 1. The number of nitrogens with one attached hydrogen (secondary N) is 2. The fourth-order valence-electron chi connectivity index (χ4n) is 2.88. The first-order valence-corrected chi connectivity index (χ1v) is 9.48. The molecule has 1 aliphatic rings. The molecule has 9 heteroatoms. The fraction of sp³-hybridized carbons (Fsp3) is 0.750. The van der Waals surface area contributed by atoms with E-state index in [0.29, 0.717) is 17.0 Å². The Morgan fingerprint density at radius 3 is 2.84 bits per heavy atom. The first kappa shape index (κ1) is 20.0. The normalized spacial score (nSPS) is 19.9. The molecule has 5 nitrogen and oxygen atoms in total. The summed E-state index contributed by atoms with van der Waals surface area (Å²) in [4.78, 5) is 10.2. The van der Waals surface area contributed by atoms with Crippen LogP contribution in [0, 0.1) is 0 Å². The highest BCUT2D eigenvalue weighted by Gasteiger charge is 2.33. The Morgan fingerprint density at radius 2 is 2.20 bits per heavy atom. The van der Waals surface area contributed by atoms with Gasteiger partial charge in [0.1, 0.15) is 5.01 Å². The summed E-state index contributed by atoms with van der Waals surface area (Å²) in [5, 5.41) is 7.62. The maximum atomic E-state index is 12.5. The van der Waals surface area contributed by atoms with E-state index in [1.54, 1.807) is 7.05 Å². The number of piperidine rings is 1. The Kier molecular flexibility index (Phi) is 7.49. The van der Waals surface area contributed by atoms with Gasteiger partial charge in [0.25, 0.3) is 0 Å². The fourth-order valence-corrected chi connectivity index (χ4v) is 3.62. The van der Waals surface area contributed by atoms with Gasteiger partial charge in [0.05, 0.1) is 6.54 Å². The molecule has 1 unspecified atom stereocenters. The number of halogens is 3. The second-order valence-corrected chi connectivity index (χ2v) is 7.15. The van der Waals surface area contributed by atoms with E-state index in [2.05, 4.69) is 32.4 Å². The van der Waals surface area contributed by atoms with Crippen molar-refractivity contribution in [2.45, 2.75) is 51.4 Å². The number of nitrogens with zero attached hydrogens (tertiary/aromatic N) is 3. The van der Waals surface area contributed by atoms with Gasteiger partial charge in [0.15, 0.2) is 11.7 Å². The molecule has 1 aliphatic heterocycles.